The Balaban J connectivity index is 1.66. The average molecular weight is 349 g/mol. The van der Waals surface area contributed by atoms with E-state index >= 15 is 0 Å². The molecule has 2 fully saturated rings. The van der Waals surface area contributed by atoms with Crippen LogP contribution < -0.4 is 5.32 Å². The third-order valence-electron chi connectivity index (χ3n) is 4.82. The Hall–Kier alpha value is -1.63. The maximum Gasteiger partial charge on any atom is 0.253 e. The van der Waals surface area contributed by atoms with E-state index in [0.717, 1.165) is 36.0 Å². The third-order valence-corrected chi connectivity index (χ3v) is 5.13. The van der Waals surface area contributed by atoms with Gasteiger partial charge >= 0.3 is 0 Å². The molecule has 0 radical (unpaired) electrons. The van der Waals surface area contributed by atoms with Crippen LogP contribution >= 0.6 is 11.6 Å². The number of morpholine rings is 1. The number of nitrogens with one attached hydrogen (secondary N) is 2. The Morgan fingerprint density at radius 3 is 3.04 bits per heavy atom. The molecule has 2 aromatic rings. The Kier molecular flexibility index (Phi) is 4.20. The number of carbonyl (C=O) groups excluding carboxylic acids is 1. The van der Waals surface area contributed by atoms with Gasteiger partial charge in [-0.25, -0.2) is 4.98 Å². The van der Waals surface area contributed by atoms with E-state index in [0.29, 0.717) is 24.2 Å². The van der Waals surface area contributed by atoms with Gasteiger partial charge in [-0.15, -0.1) is 0 Å². The molecule has 3 heterocycles. The number of amides is 1. The normalized spacial score (nSPS) is 22.5. The molecule has 24 heavy (non-hydrogen) atoms. The van der Waals surface area contributed by atoms with E-state index in [2.05, 4.69) is 22.2 Å². The predicted molar refractivity (Wildman–Crippen MR) is 92.0 cm³/mol. The smallest absolute Gasteiger partial charge is 0.253 e. The van der Waals surface area contributed by atoms with Crippen LogP contribution in [0.15, 0.2) is 18.5 Å². The van der Waals surface area contributed by atoms with E-state index < -0.39 is 6.10 Å². The summed E-state index contributed by atoms with van der Waals surface area (Å²) < 4.78 is 5.68. The summed E-state index contributed by atoms with van der Waals surface area (Å²) in [7, 11) is 0. The summed E-state index contributed by atoms with van der Waals surface area (Å²) in [6, 6.07) is 2.00. The van der Waals surface area contributed by atoms with Crippen molar-refractivity contribution in [3.05, 3.63) is 29.0 Å². The summed E-state index contributed by atoms with van der Waals surface area (Å²) in [6.07, 6.45) is 5.29. The number of nitrogens with zero attached hydrogens (tertiary/aromatic N) is 2. The number of H-pyrrole nitrogens is 1. The number of carbonyl (C=O) groups is 1. The number of halogens is 1. The summed E-state index contributed by atoms with van der Waals surface area (Å²) in [5.41, 5.74) is 1.76. The van der Waals surface area contributed by atoms with Crippen molar-refractivity contribution in [3.8, 4) is 0 Å². The third kappa shape index (κ3) is 2.79. The first-order valence-corrected chi connectivity index (χ1v) is 8.80. The van der Waals surface area contributed by atoms with Gasteiger partial charge in [0, 0.05) is 42.5 Å². The lowest BCUT2D eigenvalue weighted by molar-refractivity contribution is -0.148. The molecule has 1 amide bonds. The van der Waals surface area contributed by atoms with Crippen LogP contribution in [-0.4, -0.2) is 52.6 Å². The van der Waals surface area contributed by atoms with Gasteiger partial charge in [0.1, 0.15) is 11.8 Å². The molecule has 1 unspecified atom stereocenters. The monoisotopic (exact) mass is 348 g/mol. The summed E-state index contributed by atoms with van der Waals surface area (Å²) >= 11 is 6.38. The van der Waals surface area contributed by atoms with Gasteiger partial charge in [-0.1, -0.05) is 11.6 Å². The average Bonchev–Trinajstić information content (AvgIpc) is 3.33. The molecule has 2 atom stereocenters. The summed E-state index contributed by atoms with van der Waals surface area (Å²) in [5.74, 6) is 0.0616. The quantitative estimate of drug-likeness (QED) is 0.889. The second kappa shape index (κ2) is 6.35. The second-order valence-corrected chi connectivity index (χ2v) is 6.88. The molecule has 4 rings (SSSR count). The molecule has 1 saturated heterocycles. The van der Waals surface area contributed by atoms with Crippen LogP contribution in [0.4, 0.5) is 0 Å². The lowest BCUT2D eigenvalue weighted by Crippen LogP contribution is -2.50. The summed E-state index contributed by atoms with van der Waals surface area (Å²) in [4.78, 5) is 22.5. The van der Waals surface area contributed by atoms with Crippen molar-refractivity contribution in [2.45, 2.75) is 38.0 Å². The highest BCUT2D eigenvalue weighted by Gasteiger charge is 2.40. The fourth-order valence-corrected chi connectivity index (χ4v) is 3.70. The molecule has 6 nitrogen and oxygen atoms in total. The molecule has 2 aliphatic rings. The molecule has 1 aliphatic carbocycles. The van der Waals surface area contributed by atoms with Gasteiger partial charge in [0.05, 0.1) is 17.7 Å². The van der Waals surface area contributed by atoms with Crippen LogP contribution in [0.3, 0.4) is 0 Å². The van der Waals surface area contributed by atoms with Crippen LogP contribution in [0.5, 0.6) is 0 Å². The molecular formula is C17H21ClN4O2. The predicted octanol–water partition coefficient (Wildman–Crippen LogP) is 2.26. The first-order chi connectivity index (χ1) is 11.7. The number of hydrogen-bond acceptors (Lipinski definition) is 4. The van der Waals surface area contributed by atoms with Crippen LogP contribution in [0.1, 0.15) is 31.4 Å². The van der Waals surface area contributed by atoms with Crippen molar-refractivity contribution < 1.29 is 9.53 Å². The highest BCUT2D eigenvalue weighted by atomic mass is 35.5. The van der Waals surface area contributed by atoms with E-state index in [1.54, 1.807) is 12.3 Å². The topological polar surface area (TPSA) is 70.2 Å². The Labute approximate surface area is 145 Å². The van der Waals surface area contributed by atoms with Crippen molar-refractivity contribution in [1.82, 2.24) is 20.2 Å². The van der Waals surface area contributed by atoms with Gasteiger partial charge in [0.2, 0.25) is 0 Å². The highest BCUT2D eigenvalue weighted by molar-refractivity contribution is 6.35. The maximum atomic E-state index is 13.0. The van der Waals surface area contributed by atoms with E-state index in [1.807, 2.05) is 11.1 Å². The van der Waals surface area contributed by atoms with Gasteiger partial charge < -0.3 is 19.9 Å². The number of hydrogen-bond donors (Lipinski definition) is 2. The number of aromatic nitrogens is 2. The van der Waals surface area contributed by atoms with Crippen LogP contribution in [0.25, 0.3) is 11.0 Å². The molecule has 1 aliphatic heterocycles. The maximum absolute atomic E-state index is 13.0. The second-order valence-electron chi connectivity index (χ2n) is 6.48. The molecular weight excluding hydrogens is 328 g/mol. The molecule has 2 aromatic heterocycles. The van der Waals surface area contributed by atoms with Gasteiger partial charge in [-0.3, -0.25) is 4.79 Å². The van der Waals surface area contributed by atoms with Crippen LogP contribution in [0.2, 0.25) is 5.02 Å². The molecule has 2 N–H and O–H groups in total. The largest absolute Gasteiger partial charge is 0.366 e. The van der Waals surface area contributed by atoms with Gasteiger partial charge in [-0.2, -0.15) is 0 Å². The Morgan fingerprint density at radius 2 is 2.33 bits per heavy atom. The SMILES string of the molecule is CC(c1c[nH]c2nccc(Cl)c12)N(C(=O)[C@H]1CNCCO1)C1CC1. The lowest BCUT2D eigenvalue weighted by atomic mass is 10.1. The summed E-state index contributed by atoms with van der Waals surface area (Å²) in [6.45, 7) is 4.00. The zero-order chi connectivity index (χ0) is 16.7. The highest BCUT2D eigenvalue weighted by Crippen LogP contribution is 2.38. The lowest BCUT2D eigenvalue weighted by Gasteiger charge is -2.34. The molecule has 128 valence electrons. The fraction of sp³-hybridized carbons (Fsp3) is 0.529. The van der Waals surface area contributed by atoms with E-state index in [4.69, 9.17) is 16.3 Å². The van der Waals surface area contributed by atoms with Crippen LogP contribution in [-0.2, 0) is 9.53 Å². The van der Waals surface area contributed by atoms with E-state index in [9.17, 15) is 4.79 Å². The van der Waals surface area contributed by atoms with Gasteiger partial charge in [0.15, 0.2) is 0 Å². The molecule has 0 spiro atoms. The van der Waals surface area contributed by atoms with Gasteiger partial charge in [-0.05, 0) is 25.8 Å². The zero-order valence-corrected chi connectivity index (χ0v) is 14.3. The summed E-state index contributed by atoms with van der Waals surface area (Å²) in [5, 5.41) is 4.78. The number of rotatable bonds is 4. The van der Waals surface area contributed by atoms with Gasteiger partial charge in [0.25, 0.3) is 5.91 Å². The Bertz CT molecular complexity index is 752. The minimum atomic E-state index is -0.402. The van der Waals surface area contributed by atoms with Crippen LogP contribution in [0, 0.1) is 0 Å². The van der Waals surface area contributed by atoms with E-state index in [1.165, 1.54) is 0 Å². The molecule has 1 saturated carbocycles. The zero-order valence-electron chi connectivity index (χ0n) is 13.6. The first-order valence-electron chi connectivity index (χ1n) is 8.43. The fourth-order valence-electron chi connectivity index (χ4n) is 3.45. The number of fused-ring (bicyclic) bond motifs is 1. The Morgan fingerprint density at radius 1 is 1.50 bits per heavy atom. The molecule has 0 bridgehead atoms. The van der Waals surface area contributed by atoms with Crippen molar-refractivity contribution >= 4 is 28.5 Å². The van der Waals surface area contributed by atoms with E-state index in [-0.39, 0.29) is 11.9 Å². The van der Waals surface area contributed by atoms with Crippen molar-refractivity contribution in [1.29, 1.82) is 0 Å². The number of aromatic amines is 1. The minimum absolute atomic E-state index is 0.0616. The minimum Gasteiger partial charge on any atom is -0.366 e. The van der Waals surface area contributed by atoms with Crippen molar-refractivity contribution in [3.63, 3.8) is 0 Å². The van der Waals surface area contributed by atoms with Crippen molar-refractivity contribution in [2.24, 2.45) is 0 Å². The molecule has 7 heteroatoms. The first kappa shape index (κ1) is 15.9. The molecule has 0 aromatic carbocycles. The van der Waals surface area contributed by atoms with Crippen molar-refractivity contribution in [2.75, 3.05) is 19.7 Å². The number of ether oxygens (including phenoxy) is 1. The standard InChI is InChI=1S/C17H21ClN4O2/c1-10(12-8-21-16-15(12)13(18)4-5-20-16)22(11-2-3-11)17(23)14-9-19-6-7-24-14/h4-5,8,10-11,14,19H,2-3,6-7,9H2,1H3,(H,20,21)/t10?,14-/m1/s1. The number of pyridine rings is 1.